The largest absolute Gasteiger partial charge is 0.497 e. The number of likely N-dealkylation sites (tertiary alicyclic amines) is 1. The van der Waals surface area contributed by atoms with Gasteiger partial charge >= 0.3 is 16.3 Å². The van der Waals surface area contributed by atoms with Crippen LogP contribution in [0.5, 0.6) is 11.5 Å². The van der Waals surface area contributed by atoms with Crippen LogP contribution in [-0.4, -0.2) is 109 Å². The molecule has 0 aromatic heterocycles. The summed E-state index contributed by atoms with van der Waals surface area (Å²) in [4.78, 5) is 31.8. The molecule has 0 saturated carbocycles. The average Bonchev–Trinajstić information content (AvgIpc) is 3.20. The Morgan fingerprint density at radius 3 is 1.85 bits per heavy atom. The zero-order valence-corrected chi connectivity index (χ0v) is 23.4. The predicted molar refractivity (Wildman–Crippen MR) is 146 cm³/mol. The highest BCUT2D eigenvalue weighted by Crippen LogP contribution is 2.35. The third-order valence-electron chi connectivity index (χ3n) is 7.79. The normalized spacial score (nSPS) is 22.4. The van der Waals surface area contributed by atoms with Gasteiger partial charge in [-0.1, -0.05) is 24.3 Å². The molecule has 0 spiro atoms. The van der Waals surface area contributed by atoms with Crippen molar-refractivity contribution >= 4 is 22.2 Å². The Morgan fingerprint density at radius 1 is 0.900 bits per heavy atom. The molecular formula is C27H35N5O7S. The second-order valence-electron chi connectivity index (χ2n) is 10.4. The number of nitrogens with one attached hydrogen (secondary N) is 1. The van der Waals surface area contributed by atoms with Gasteiger partial charge in [0.05, 0.1) is 26.3 Å². The summed E-state index contributed by atoms with van der Waals surface area (Å²) in [6.45, 7) is 4.42. The number of hydrogen-bond donors (Lipinski definition) is 2. The van der Waals surface area contributed by atoms with Crippen LogP contribution in [0.15, 0.2) is 48.5 Å². The second-order valence-corrected chi connectivity index (χ2v) is 11.7. The summed E-state index contributed by atoms with van der Waals surface area (Å²) >= 11 is 0. The van der Waals surface area contributed by atoms with E-state index in [9.17, 15) is 22.6 Å². The van der Waals surface area contributed by atoms with E-state index in [-0.39, 0.29) is 12.6 Å². The first kappa shape index (κ1) is 28.1. The van der Waals surface area contributed by atoms with Crippen LogP contribution in [0.25, 0.3) is 0 Å². The molecular weight excluding hydrogens is 538 g/mol. The lowest BCUT2D eigenvalue weighted by Crippen LogP contribution is -2.69. The number of ether oxygens (including phenoxy) is 2. The van der Waals surface area contributed by atoms with Gasteiger partial charge in [0, 0.05) is 45.8 Å². The maximum absolute atomic E-state index is 13.4. The SMILES string of the molecule is COc1ccc(CN2CCN(Cc3ccc(OC)cc3)CC(NC(=O)N3CC[C@@H]4[C@H]3C(=O)N4S(=O)(=O)O)C2)cc1. The fraction of sp³-hybridized carbons (Fsp3) is 0.481. The fourth-order valence-corrected chi connectivity index (χ4v) is 6.70. The van der Waals surface area contributed by atoms with Crippen LogP contribution in [0.3, 0.4) is 0 Å². The summed E-state index contributed by atoms with van der Waals surface area (Å²) in [5.74, 6) is 0.804. The molecule has 3 fully saturated rings. The highest BCUT2D eigenvalue weighted by molar-refractivity contribution is 7.84. The first-order chi connectivity index (χ1) is 19.2. The number of carbonyl (C=O) groups excluding carboxylic acids is 2. The van der Waals surface area contributed by atoms with E-state index in [2.05, 4.69) is 15.1 Å². The average molecular weight is 574 g/mol. The van der Waals surface area contributed by atoms with Crippen molar-refractivity contribution in [3.05, 3.63) is 59.7 Å². The third kappa shape index (κ3) is 6.02. The number of amides is 3. The number of benzene rings is 2. The highest BCUT2D eigenvalue weighted by Gasteiger charge is 2.60. The molecule has 2 N–H and O–H groups in total. The van der Waals surface area contributed by atoms with Gasteiger partial charge in [0.25, 0.3) is 5.91 Å². The lowest BCUT2D eigenvalue weighted by Gasteiger charge is -2.42. The molecule has 0 bridgehead atoms. The Balaban J connectivity index is 1.28. The van der Waals surface area contributed by atoms with Crippen LogP contribution in [0, 0.1) is 0 Å². The Hall–Kier alpha value is -3.39. The quantitative estimate of drug-likeness (QED) is 0.353. The Bertz CT molecular complexity index is 1260. The van der Waals surface area contributed by atoms with Crippen LogP contribution < -0.4 is 14.8 Å². The summed E-state index contributed by atoms with van der Waals surface area (Å²) < 4.78 is 43.5. The summed E-state index contributed by atoms with van der Waals surface area (Å²) in [5.41, 5.74) is 2.25. The number of urea groups is 1. The number of hydrogen-bond acceptors (Lipinski definition) is 8. The van der Waals surface area contributed by atoms with Crippen molar-refractivity contribution in [1.29, 1.82) is 0 Å². The zero-order chi connectivity index (χ0) is 28.4. The van der Waals surface area contributed by atoms with Gasteiger partial charge < -0.3 is 19.7 Å². The van der Waals surface area contributed by atoms with Crippen LogP contribution in [0.2, 0.25) is 0 Å². The summed E-state index contributed by atoms with van der Waals surface area (Å²) in [6.07, 6.45) is 0.293. The van der Waals surface area contributed by atoms with E-state index in [0.717, 1.165) is 35.7 Å². The van der Waals surface area contributed by atoms with E-state index in [1.165, 1.54) is 4.90 Å². The van der Waals surface area contributed by atoms with Crippen LogP contribution >= 0.6 is 0 Å². The van der Waals surface area contributed by atoms with Crippen molar-refractivity contribution in [2.75, 3.05) is 46.9 Å². The smallest absolute Gasteiger partial charge is 0.362 e. The van der Waals surface area contributed by atoms with Gasteiger partial charge in [0.1, 0.15) is 17.5 Å². The minimum absolute atomic E-state index is 0.233. The van der Waals surface area contributed by atoms with Gasteiger partial charge in [-0.05, 0) is 41.8 Å². The van der Waals surface area contributed by atoms with Crippen LogP contribution in [0.4, 0.5) is 4.79 Å². The Labute approximate surface area is 234 Å². The fourth-order valence-electron chi connectivity index (χ4n) is 5.80. The molecule has 2 aromatic carbocycles. The second kappa shape index (κ2) is 11.6. The minimum Gasteiger partial charge on any atom is -0.497 e. The van der Waals surface area contributed by atoms with Crippen molar-refractivity contribution in [3.63, 3.8) is 0 Å². The van der Waals surface area contributed by atoms with Gasteiger partial charge in [0.15, 0.2) is 0 Å². The van der Waals surface area contributed by atoms with E-state index < -0.39 is 34.3 Å². The molecule has 216 valence electrons. The van der Waals surface area contributed by atoms with Gasteiger partial charge in [-0.15, -0.1) is 0 Å². The van der Waals surface area contributed by atoms with E-state index >= 15 is 0 Å². The van der Waals surface area contributed by atoms with Crippen molar-refractivity contribution in [2.45, 2.75) is 37.6 Å². The van der Waals surface area contributed by atoms with E-state index in [0.29, 0.717) is 36.9 Å². The Kier molecular flexibility index (Phi) is 8.17. The zero-order valence-electron chi connectivity index (χ0n) is 22.6. The third-order valence-corrected chi connectivity index (χ3v) is 8.74. The molecule has 3 amide bonds. The molecule has 13 heteroatoms. The lowest BCUT2D eigenvalue weighted by molar-refractivity contribution is -0.143. The molecule has 40 heavy (non-hydrogen) atoms. The summed E-state index contributed by atoms with van der Waals surface area (Å²) in [7, 11) is -1.37. The van der Waals surface area contributed by atoms with E-state index in [1.807, 2.05) is 48.5 Å². The molecule has 0 aliphatic carbocycles. The van der Waals surface area contributed by atoms with Crippen molar-refractivity contribution in [2.24, 2.45) is 0 Å². The van der Waals surface area contributed by atoms with Crippen molar-refractivity contribution in [3.8, 4) is 11.5 Å². The molecule has 3 heterocycles. The highest BCUT2D eigenvalue weighted by atomic mass is 32.2. The standard InChI is InChI=1S/C27H35N5O7S/c1-38-22-7-3-19(4-8-22)15-29-13-14-30(16-20-5-9-23(39-2)10-6-20)18-21(17-29)28-27(34)31-12-11-24-25(31)26(33)32(24)40(35,36)37/h3-10,21,24-25H,11-18H2,1-2H3,(H,28,34)(H,35,36,37)/t24-,25+/m1/s1. The van der Waals surface area contributed by atoms with Crippen LogP contribution in [0.1, 0.15) is 17.5 Å². The molecule has 3 aliphatic rings. The number of β-lactam (4-membered cyclic amide) rings is 1. The predicted octanol–water partition coefficient (Wildman–Crippen LogP) is 1.19. The molecule has 3 saturated heterocycles. The van der Waals surface area contributed by atoms with Crippen LogP contribution in [-0.2, 0) is 28.2 Å². The summed E-state index contributed by atoms with van der Waals surface area (Å²) in [6, 6.07) is 13.6. The first-order valence-corrected chi connectivity index (χ1v) is 14.6. The van der Waals surface area contributed by atoms with E-state index in [4.69, 9.17) is 9.47 Å². The van der Waals surface area contributed by atoms with Gasteiger partial charge in [0.2, 0.25) is 0 Å². The molecule has 12 nitrogen and oxygen atoms in total. The first-order valence-electron chi connectivity index (χ1n) is 13.2. The maximum Gasteiger partial charge on any atom is 0.362 e. The van der Waals surface area contributed by atoms with Gasteiger partial charge in [-0.2, -0.15) is 8.42 Å². The monoisotopic (exact) mass is 573 g/mol. The van der Waals surface area contributed by atoms with E-state index in [1.54, 1.807) is 14.2 Å². The topological polar surface area (TPSA) is 132 Å². The molecule has 2 aromatic rings. The number of carbonyl (C=O) groups is 2. The van der Waals surface area contributed by atoms with Crippen molar-refractivity contribution < 1.29 is 32.0 Å². The molecule has 0 unspecified atom stereocenters. The molecule has 3 aliphatic heterocycles. The van der Waals surface area contributed by atoms with Gasteiger partial charge in [-0.3, -0.25) is 19.1 Å². The molecule has 2 atom stereocenters. The van der Waals surface area contributed by atoms with Crippen molar-refractivity contribution in [1.82, 2.24) is 24.3 Å². The summed E-state index contributed by atoms with van der Waals surface area (Å²) in [5, 5.41) is 3.11. The number of rotatable bonds is 8. The molecule has 5 rings (SSSR count). The molecule has 0 radical (unpaired) electrons. The maximum atomic E-state index is 13.4. The van der Waals surface area contributed by atoms with Gasteiger partial charge in [-0.25, -0.2) is 9.10 Å². The minimum atomic E-state index is -4.64. The number of methoxy groups -OCH3 is 2. The Morgan fingerprint density at radius 2 is 1.40 bits per heavy atom. The lowest BCUT2D eigenvalue weighted by atomic mass is 10.0. The number of fused-ring (bicyclic) bond motifs is 1. The number of nitrogens with zero attached hydrogens (tertiary/aromatic N) is 4.